The third-order valence-electron chi connectivity index (χ3n) is 2.46. The molecule has 0 N–H and O–H groups in total. The van der Waals surface area contributed by atoms with E-state index in [0.717, 1.165) is 6.42 Å². The molecule has 1 aliphatic heterocycles. The van der Waals surface area contributed by atoms with Crippen LogP contribution in [-0.4, -0.2) is 29.2 Å². The molecule has 84 valence electrons. The number of carbonyl (C=O) groups is 1. The Morgan fingerprint density at radius 1 is 1.53 bits per heavy atom. The minimum atomic E-state index is -0.497. The van der Waals surface area contributed by atoms with E-state index in [4.69, 9.17) is 10.00 Å². The van der Waals surface area contributed by atoms with Crippen molar-refractivity contribution in [2.75, 3.05) is 6.54 Å². The largest absolute Gasteiger partial charge is 0.444 e. The molecule has 0 aromatic carbocycles. The number of rotatable bonds is 0. The monoisotopic (exact) mass is 210 g/mol. The van der Waals surface area contributed by atoms with Crippen molar-refractivity contribution in [2.45, 2.75) is 45.8 Å². The third kappa shape index (κ3) is 2.85. The van der Waals surface area contributed by atoms with Crippen LogP contribution in [-0.2, 0) is 4.74 Å². The van der Waals surface area contributed by atoms with Crippen LogP contribution in [0, 0.1) is 17.2 Å². The van der Waals surface area contributed by atoms with Gasteiger partial charge in [0.1, 0.15) is 11.6 Å². The molecule has 1 fully saturated rings. The maximum absolute atomic E-state index is 11.7. The molecule has 1 amide bonds. The maximum Gasteiger partial charge on any atom is 0.411 e. The van der Waals surface area contributed by atoms with E-state index >= 15 is 0 Å². The van der Waals surface area contributed by atoms with Gasteiger partial charge in [-0.2, -0.15) is 5.26 Å². The van der Waals surface area contributed by atoms with Crippen molar-refractivity contribution in [2.24, 2.45) is 5.92 Å². The molecule has 15 heavy (non-hydrogen) atoms. The molecule has 1 heterocycles. The highest BCUT2D eigenvalue weighted by Crippen LogP contribution is 2.25. The van der Waals surface area contributed by atoms with Crippen LogP contribution in [0.5, 0.6) is 0 Å². The Morgan fingerprint density at radius 3 is 2.60 bits per heavy atom. The second-order valence-corrected chi connectivity index (χ2v) is 5.01. The van der Waals surface area contributed by atoms with Crippen molar-refractivity contribution in [1.29, 1.82) is 5.26 Å². The molecule has 0 radical (unpaired) electrons. The van der Waals surface area contributed by atoms with Gasteiger partial charge in [0.2, 0.25) is 0 Å². The summed E-state index contributed by atoms with van der Waals surface area (Å²) < 4.78 is 5.24. The first-order chi connectivity index (χ1) is 6.85. The van der Waals surface area contributed by atoms with E-state index in [1.807, 2.05) is 27.7 Å². The normalized spacial score (nSPS) is 26.2. The molecular formula is C11H18N2O2. The van der Waals surface area contributed by atoms with Crippen molar-refractivity contribution in [1.82, 2.24) is 4.90 Å². The van der Waals surface area contributed by atoms with Gasteiger partial charge in [-0.05, 0) is 33.1 Å². The van der Waals surface area contributed by atoms with Crippen molar-refractivity contribution in [3.05, 3.63) is 0 Å². The Balaban J connectivity index is 2.65. The predicted molar refractivity (Wildman–Crippen MR) is 56.1 cm³/mol. The highest BCUT2D eigenvalue weighted by molar-refractivity contribution is 5.69. The fraction of sp³-hybridized carbons (Fsp3) is 0.818. The number of likely N-dealkylation sites (tertiary alicyclic amines) is 1. The number of hydrogen-bond acceptors (Lipinski definition) is 3. The first-order valence-corrected chi connectivity index (χ1v) is 5.24. The zero-order chi connectivity index (χ0) is 11.6. The minimum Gasteiger partial charge on any atom is -0.444 e. The van der Waals surface area contributed by atoms with Gasteiger partial charge in [-0.3, -0.25) is 4.90 Å². The molecule has 2 unspecified atom stereocenters. The number of hydrogen-bond donors (Lipinski definition) is 0. The molecular weight excluding hydrogens is 192 g/mol. The Bertz CT molecular complexity index is 288. The average molecular weight is 210 g/mol. The van der Waals surface area contributed by atoms with Gasteiger partial charge >= 0.3 is 6.09 Å². The molecule has 0 aromatic rings. The topological polar surface area (TPSA) is 53.3 Å². The quantitative estimate of drug-likeness (QED) is 0.615. The van der Waals surface area contributed by atoms with Gasteiger partial charge in [-0.25, -0.2) is 4.79 Å². The first-order valence-electron chi connectivity index (χ1n) is 5.24. The zero-order valence-corrected chi connectivity index (χ0v) is 9.78. The Labute approximate surface area is 90.8 Å². The number of carbonyl (C=O) groups excluding carboxylic acids is 1. The molecule has 2 atom stereocenters. The highest BCUT2D eigenvalue weighted by Gasteiger charge is 2.36. The second kappa shape index (κ2) is 4.09. The van der Waals surface area contributed by atoms with E-state index in [9.17, 15) is 4.79 Å². The maximum atomic E-state index is 11.7. The van der Waals surface area contributed by atoms with Crippen LogP contribution in [0.2, 0.25) is 0 Å². The lowest BCUT2D eigenvalue weighted by Crippen LogP contribution is -2.40. The molecule has 0 aromatic heterocycles. The summed E-state index contributed by atoms with van der Waals surface area (Å²) in [6, 6.07) is 1.82. The van der Waals surface area contributed by atoms with Crippen LogP contribution >= 0.6 is 0 Å². The SMILES string of the molecule is CC1CCN(C(=O)OC(C)(C)C)C1C#N. The van der Waals surface area contributed by atoms with Crippen LogP contribution in [0.1, 0.15) is 34.1 Å². The molecule has 0 bridgehead atoms. The summed E-state index contributed by atoms with van der Waals surface area (Å²) in [5, 5.41) is 8.95. The molecule has 1 aliphatic rings. The van der Waals surface area contributed by atoms with Crippen molar-refractivity contribution in [3.8, 4) is 6.07 Å². The van der Waals surface area contributed by atoms with E-state index in [-0.39, 0.29) is 18.1 Å². The molecule has 1 rings (SSSR count). The number of ether oxygens (including phenoxy) is 1. The Kier molecular flexibility index (Phi) is 3.23. The van der Waals surface area contributed by atoms with E-state index < -0.39 is 5.60 Å². The van der Waals surface area contributed by atoms with Crippen LogP contribution in [0.4, 0.5) is 4.79 Å². The van der Waals surface area contributed by atoms with Gasteiger partial charge in [-0.15, -0.1) is 0 Å². The number of amides is 1. The Morgan fingerprint density at radius 2 is 2.13 bits per heavy atom. The van der Waals surface area contributed by atoms with Crippen molar-refractivity contribution < 1.29 is 9.53 Å². The van der Waals surface area contributed by atoms with Crippen LogP contribution in [0.25, 0.3) is 0 Å². The van der Waals surface area contributed by atoms with Gasteiger partial charge in [0, 0.05) is 6.54 Å². The molecule has 0 aliphatic carbocycles. The van der Waals surface area contributed by atoms with E-state index in [2.05, 4.69) is 6.07 Å². The lowest BCUT2D eigenvalue weighted by Gasteiger charge is -2.26. The summed E-state index contributed by atoms with van der Waals surface area (Å²) in [5.41, 5.74) is -0.497. The average Bonchev–Trinajstić information content (AvgIpc) is 2.43. The van der Waals surface area contributed by atoms with Crippen molar-refractivity contribution >= 4 is 6.09 Å². The van der Waals surface area contributed by atoms with Gasteiger partial charge in [-0.1, -0.05) is 6.92 Å². The molecule has 1 saturated heterocycles. The summed E-state index contributed by atoms with van der Waals surface area (Å²) in [7, 11) is 0. The summed E-state index contributed by atoms with van der Waals surface area (Å²) >= 11 is 0. The smallest absolute Gasteiger partial charge is 0.411 e. The summed E-state index contributed by atoms with van der Waals surface area (Å²) in [6.45, 7) is 8.08. The lowest BCUT2D eigenvalue weighted by atomic mass is 10.1. The van der Waals surface area contributed by atoms with Crippen molar-refractivity contribution in [3.63, 3.8) is 0 Å². The lowest BCUT2D eigenvalue weighted by molar-refractivity contribution is 0.0249. The van der Waals surface area contributed by atoms with Gasteiger partial charge in [0.15, 0.2) is 0 Å². The second-order valence-electron chi connectivity index (χ2n) is 5.01. The van der Waals surface area contributed by atoms with Gasteiger partial charge < -0.3 is 4.74 Å². The fourth-order valence-electron chi connectivity index (χ4n) is 1.67. The number of nitriles is 1. The number of nitrogens with zero attached hydrogens (tertiary/aromatic N) is 2. The van der Waals surface area contributed by atoms with Crippen LogP contribution in [0.15, 0.2) is 0 Å². The molecule has 4 nitrogen and oxygen atoms in total. The van der Waals surface area contributed by atoms with Gasteiger partial charge in [0.25, 0.3) is 0 Å². The summed E-state index contributed by atoms with van der Waals surface area (Å²) in [5.74, 6) is 0.238. The molecule has 0 spiro atoms. The standard InChI is InChI=1S/C11H18N2O2/c1-8-5-6-13(9(8)7-12)10(14)15-11(2,3)4/h8-9H,5-6H2,1-4H3. The van der Waals surface area contributed by atoms with E-state index in [1.54, 1.807) is 0 Å². The van der Waals surface area contributed by atoms with E-state index in [0.29, 0.717) is 6.54 Å². The third-order valence-corrected chi connectivity index (χ3v) is 2.46. The van der Waals surface area contributed by atoms with Crippen LogP contribution in [0.3, 0.4) is 0 Å². The first kappa shape index (κ1) is 11.8. The molecule has 4 heteroatoms. The minimum absolute atomic E-state index is 0.238. The predicted octanol–water partition coefficient (Wildman–Crippen LogP) is 2.16. The van der Waals surface area contributed by atoms with E-state index in [1.165, 1.54) is 4.90 Å². The van der Waals surface area contributed by atoms with Gasteiger partial charge in [0.05, 0.1) is 6.07 Å². The zero-order valence-electron chi connectivity index (χ0n) is 9.78. The highest BCUT2D eigenvalue weighted by atomic mass is 16.6. The summed E-state index contributed by atoms with van der Waals surface area (Å²) in [4.78, 5) is 13.3. The molecule has 0 saturated carbocycles. The Hall–Kier alpha value is -1.24. The fourth-order valence-corrected chi connectivity index (χ4v) is 1.67. The summed E-state index contributed by atoms with van der Waals surface area (Å²) in [6.07, 6.45) is 0.496. The van der Waals surface area contributed by atoms with Crippen LogP contribution < -0.4 is 0 Å².